The smallest absolute Gasteiger partial charge is 0.0893 e. The molecule has 16 heavy (non-hydrogen) atoms. The van der Waals surface area contributed by atoms with Gasteiger partial charge < -0.3 is 5.32 Å². The summed E-state index contributed by atoms with van der Waals surface area (Å²) in [5, 5.41) is 9.31. The van der Waals surface area contributed by atoms with E-state index in [4.69, 9.17) is 0 Å². The fraction of sp³-hybridized carbons (Fsp3) is 0.400. The maximum atomic E-state index is 3.98. The molecule has 1 N–H and O–H groups in total. The number of hydrogen-bond donors (Lipinski definition) is 1. The highest BCUT2D eigenvalue weighted by Gasteiger charge is 1.99. The van der Waals surface area contributed by atoms with Crippen molar-refractivity contribution in [2.75, 3.05) is 0 Å². The van der Waals surface area contributed by atoms with Gasteiger partial charge in [-0.15, -0.1) is 28.8 Å². The molecule has 2 aromatic heterocycles. The number of aromatic nitrogens is 2. The van der Waals surface area contributed by atoms with Crippen molar-refractivity contribution in [2.45, 2.75) is 26.4 Å². The highest BCUT2D eigenvalue weighted by molar-refractivity contribution is 7.11. The first-order valence-electron chi connectivity index (χ1n) is 4.92. The van der Waals surface area contributed by atoms with Crippen LogP contribution in [0.2, 0.25) is 0 Å². The molecule has 2 rings (SSSR count). The van der Waals surface area contributed by atoms with Crippen LogP contribution < -0.4 is 5.32 Å². The monoisotopic (exact) mass is 275 g/mol. The Morgan fingerprint density at radius 3 is 2.69 bits per heavy atom. The van der Waals surface area contributed by atoms with E-state index in [-0.39, 0.29) is 12.4 Å². The topological polar surface area (TPSA) is 37.8 Å². The van der Waals surface area contributed by atoms with Gasteiger partial charge in [0.2, 0.25) is 0 Å². The first-order valence-corrected chi connectivity index (χ1v) is 6.58. The summed E-state index contributed by atoms with van der Waals surface area (Å²) in [5.74, 6) is 0. The van der Waals surface area contributed by atoms with E-state index in [1.165, 1.54) is 21.3 Å². The molecule has 0 aliphatic heterocycles. The lowest BCUT2D eigenvalue weighted by molar-refractivity contribution is 0.684. The van der Waals surface area contributed by atoms with Crippen molar-refractivity contribution in [1.29, 1.82) is 0 Å². The van der Waals surface area contributed by atoms with Gasteiger partial charge in [-0.25, -0.2) is 0 Å². The quantitative estimate of drug-likeness (QED) is 0.912. The summed E-state index contributed by atoms with van der Waals surface area (Å²) < 4.78 is 3.82. The van der Waals surface area contributed by atoms with Crippen molar-refractivity contribution in [3.05, 3.63) is 33.0 Å². The van der Waals surface area contributed by atoms with Crippen molar-refractivity contribution in [3.63, 3.8) is 0 Å². The predicted octanol–water partition coefficient (Wildman–Crippen LogP) is 2.87. The van der Waals surface area contributed by atoms with E-state index in [0.29, 0.717) is 0 Å². The van der Waals surface area contributed by atoms with Crippen LogP contribution in [0.5, 0.6) is 0 Å². The molecule has 2 aromatic rings. The molecule has 0 saturated heterocycles. The number of rotatable bonds is 5. The lowest BCUT2D eigenvalue weighted by atomic mass is 10.3. The molecule has 3 nitrogen and oxygen atoms in total. The van der Waals surface area contributed by atoms with E-state index >= 15 is 0 Å². The van der Waals surface area contributed by atoms with E-state index in [9.17, 15) is 0 Å². The van der Waals surface area contributed by atoms with Crippen LogP contribution >= 0.6 is 35.3 Å². The van der Waals surface area contributed by atoms with E-state index in [2.05, 4.69) is 34.0 Å². The number of hydrogen-bond acceptors (Lipinski definition) is 5. The predicted molar refractivity (Wildman–Crippen MR) is 71.4 cm³/mol. The zero-order chi connectivity index (χ0) is 10.5. The van der Waals surface area contributed by atoms with Crippen LogP contribution in [0.1, 0.15) is 22.4 Å². The molecule has 0 aromatic carbocycles. The fourth-order valence-corrected chi connectivity index (χ4v) is 2.66. The average molecular weight is 276 g/mol. The lowest BCUT2D eigenvalue weighted by Gasteiger charge is -1.98. The molecule has 6 heteroatoms. The molecule has 0 aliphatic carbocycles. The Hall–Kier alpha value is -0.490. The Kier molecular flexibility index (Phi) is 5.90. The second kappa shape index (κ2) is 6.96. The van der Waals surface area contributed by atoms with Gasteiger partial charge in [-0.2, -0.15) is 0 Å². The summed E-state index contributed by atoms with van der Waals surface area (Å²) in [6.07, 6.45) is 1.13. The Morgan fingerprint density at radius 1 is 1.25 bits per heavy atom. The third-order valence-electron chi connectivity index (χ3n) is 2.08. The number of aryl methyl sites for hydroxylation is 1. The molecule has 0 fully saturated rings. The summed E-state index contributed by atoms with van der Waals surface area (Å²) >= 11 is 3.27. The fourth-order valence-electron chi connectivity index (χ4n) is 1.28. The van der Waals surface area contributed by atoms with Crippen molar-refractivity contribution < 1.29 is 0 Å². The molecule has 0 atom stereocenters. The highest BCUT2D eigenvalue weighted by atomic mass is 35.5. The molecule has 0 spiro atoms. The summed E-state index contributed by atoms with van der Waals surface area (Å²) in [5.41, 5.74) is 1.02. The van der Waals surface area contributed by atoms with Crippen LogP contribution in [-0.4, -0.2) is 9.59 Å². The zero-order valence-corrected chi connectivity index (χ0v) is 11.4. The molecule has 0 unspecified atom stereocenters. The van der Waals surface area contributed by atoms with E-state index < -0.39 is 0 Å². The lowest BCUT2D eigenvalue weighted by Crippen LogP contribution is -2.11. The van der Waals surface area contributed by atoms with Crippen LogP contribution in [0.4, 0.5) is 0 Å². The number of halogens is 1. The summed E-state index contributed by atoms with van der Waals surface area (Å²) in [4.78, 5) is 2.83. The third-order valence-corrected chi connectivity index (χ3v) is 3.86. The van der Waals surface area contributed by atoms with E-state index in [1.54, 1.807) is 0 Å². The van der Waals surface area contributed by atoms with Gasteiger partial charge in [-0.1, -0.05) is 11.4 Å². The van der Waals surface area contributed by atoms with Crippen molar-refractivity contribution in [2.24, 2.45) is 0 Å². The van der Waals surface area contributed by atoms with Gasteiger partial charge >= 0.3 is 0 Å². The molecule has 0 radical (unpaired) electrons. The van der Waals surface area contributed by atoms with Gasteiger partial charge in [0.05, 0.1) is 5.69 Å². The van der Waals surface area contributed by atoms with Crippen LogP contribution in [0, 0.1) is 0 Å². The van der Waals surface area contributed by atoms with Gasteiger partial charge in [0, 0.05) is 28.2 Å². The van der Waals surface area contributed by atoms with Gasteiger partial charge in [0.25, 0.3) is 0 Å². The number of thiophene rings is 1. The van der Waals surface area contributed by atoms with Crippen molar-refractivity contribution in [1.82, 2.24) is 14.9 Å². The Bertz CT molecular complexity index is 400. The Morgan fingerprint density at radius 2 is 2.06 bits per heavy atom. The summed E-state index contributed by atoms with van der Waals surface area (Å²) in [7, 11) is 0. The largest absolute Gasteiger partial charge is 0.306 e. The molecule has 0 amide bonds. The van der Waals surface area contributed by atoms with E-state index in [0.717, 1.165) is 25.2 Å². The van der Waals surface area contributed by atoms with Crippen LogP contribution in [-0.2, 0) is 19.5 Å². The Balaban J connectivity index is 0.00000128. The molecule has 0 bridgehead atoms. The molecular formula is C10H14ClN3S2. The number of nitrogens with one attached hydrogen (secondary N) is 1. The average Bonchev–Trinajstić information content (AvgIpc) is 2.88. The van der Waals surface area contributed by atoms with Gasteiger partial charge in [0.15, 0.2) is 0 Å². The van der Waals surface area contributed by atoms with Gasteiger partial charge in [0.1, 0.15) is 0 Å². The first kappa shape index (κ1) is 13.6. The minimum Gasteiger partial charge on any atom is -0.306 e. The number of nitrogens with zero attached hydrogens (tertiary/aromatic N) is 2. The minimum absolute atomic E-state index is 0. The molecule has 0 aliphatic rings. The second-order valence-electron chi connectivity index (χ2n) is 3.22. The van der Waals surface area contributed by atoms with Crippen LogP contribution in [0.25, 0.3) is 0 Å². The van der Waals surface area contributed by atoms with Crippen LogP contribution in [0.3, 0.4) is 0 Å². The maximum absolute atomic E-state index is 3.98. The van der Waals surface area contributed by atoms with Gasteiger partial charge in [-0.05, 0) is 30.1 Å². The van der Waals surface area contributed by atoms with E-state index in [1.807, 2.05) is 16.7 Å². The van der Waals surface area contributed by atoms with Crippen molar-refractivity contribution >= 4 is 35.3 Å². The van der Waals surface area contributed by atoms with Crippen molar-refractivity contribution in [3.8, 4) is 0 Å². The zero-order valence-electron chi connectivity index (χ0n) is 8.97. The maximum Gasteiger partial charge on any atom is 0.0893 e. The minimum atomic E-state index is 0. The highest BCUT2D eigenvalue weighted by Crippen LogP contribution is 2.16. The summed E-state index contributed by atoms with van der Waals surface area (Å²) in [6, 6.07) is 4.39. The molecule has 0 saturated carbocycles. The third kappa shape index (κ3) is 3.83. The van der Waals surface area contributed by atoms with Crippen LogP contribution in [0.15, 0.2) is 17.5 Å². The molecule has 88 valence electrons. The standard InChI is InChI=1S/C10H13N3S2.ClH/c1-2-9-3-4-10(15-9)6-11-5-8-7-14-13-12-8;/h3-4,7,11H,2,5-6H2,1H3;1H. The molecular weight excluding hydrogens is 262 g/mol. The second-order valence-corrected chi connectivity index (χ2v) is 5.08. The molecule has 2 heterocycles. The van der Waals surface area contributed by atoms with Gasteiger partial charge in [-0.3, -0.25) is 0 Å². The SMILES string of the molecule is CCc1ccc(CNCc2csnn2)s1.Cl. The summed E-state index contributed by atoms with van der Waals surface area (Å²) in [6.45, 7) is 3.90. The first-order chi connectivity index (χ1) is 7.38. The normalized spacial score (nSPS) is 10.1. The Labute approximate surface area is 109 Å².